The summed E-state index contributed by atoms with van der Waals surface area (Å²) in [6.07, 6.45) is 0.801. The highest BCUT2D eigenvalue weighted by Crippen LogP contribution is 2.22. The number of nitrogens with zero attached hydrogens (tertiary/aromatic N) is 1. The summed E-state index contributed by atoms with van der Waals surface area (Å²) in [5.41, 5.74) is 0.655. The van der Waals surface area contributed by atoms with E-state index in [2.05, 4.69) is 49.0 Å². The average Bonchev–Trinajstić information content (AvgIpc) is 2.12. The molecular formula is C8H6BrIN2O2. The summed E-state index contributed by atoms with van der Waals surface area (Å²) in [6, 6.07) is 5.37. The first kappa shape index (κ1) is 11.4. The molecule has 0 saturated heterocycles. The Bertz CT molecular complexity index is 382. The van der Waals surface area contributed by atoms with Crippen LogP contribution in [0.2, 0.25) is 0 Å². The highest BCUT2D eigenvalue weighted by molar-refractivity contribution is 14.1. The zero-order valence-electron chi connectivity index (χ0n) is 6.87. The lowest BCUT2D eigenvalue weighted by molar-refractivity contribution is -0.110. The van der Waals surface area contributed by atoms with E-state index < -0.39 is 5.91 Å². The van der Waals surface area contributed by atoms with E-state index in [0.717, 1.165) is 14.3 Å². The van der Waals surface area contributed by atoms with E-state index in [0.29, 0.717) is 5.69 Å². The Balaban J connectivity index is 2.78. The summed E-state index contributed by atoms with van der Waals surface area (Å²) in [5, 5.41) is 13.3. The minimum Gasteiger partial charge on any atom is -0.411 e. The molecule has 1 amide bonds. The fourth-order valence-electron chi connectivity index (χ4n) is 0.801. The Morgan fingerprint density at radius 1 is 1.64 bits per heavy atom. The largest absolute Gasteiger partial charge is 0.411 e. The Morgan fingerprint density at radius 3 is 2.93 bits per heavy atom. The molecule has 2 N–H and O–H groups in total. The topological polar surface area (TPSA) is 61.7 Å². The van der Waals surface area contributed by atoms with Crippen LogP contribution in [0.5, 0.6) is 0 Å². The second-order valence-corrected chi connectivity index (χ2v) is 4.38. The van der Waals surface area contributed by atoms with E-state index in [1.54, 1.807) is 12.1 Å². The van der Waals surface area contributed by atoms with E-state index in [-0.39, 0.29) is 0 Å². The third-order valence-electron chi connectivity index (χ3n) is 1.36. The molecule has 14 heavy (non-hydrogen) atoms. The van der Waals surface area contributed by atoms with E-state index >= 15 is 0 Å². The lowest BCUT2D eigenvalue weighted by Gasteiger charge is -2.02. The fourth-order valence-corrected chi connectivity index (χ4v) is 1.56. The van der Waals surface area contributed by atoms with Gasteiger partial charge in [-0.15, -0.1) is 0 Å². The minimum absolute atomic E-state index is 0.467. The van der Waals surface area contributed by atoms with Crippen LogP contribution in [0.4, 0.5) is 5.69 Å². The van der Waals surface area contributed by atoms with E-state index in [1.165, 1.54) is 0 Å². The number of halogens is 2. The maximum Gasteiger partial charge on any atom is 0.270 e. The predicted octanol–water partition coefficient (Wildman–Crippen LogP) is 2.45. The van der Waals surface area contributed by atoms with Gasteiger partial charge in [0.15, 0.2) is 0 Å². The molecule has 0 atom stereocenters. The van der Waals surface area contributed by atoms with Gasteiger partial charge in [-0.25, -0.2) is 0 Å². The number of benzene rings is 1. The second kappa shape index (κ2) is 5.30. The molecule has 0 fully saturated rings. The van der Waals surface area contributed by atoms with Gasteiger partial charge in [0.25, 0.3) is 5.91 Å². The van der Waals surface area contributed by atoms with Crippen LogP contribution in [0.25, 0.3) is 0 Å². The second-order valence-electron chi connectivity index (χ2n) is 2.36. The van der Waals surface area contributed by atoms with Crippen molar-refractivity contribution in [3.8, 4) is 0 Å². The zero-order valence-corrected chi connectivity index (χ0v) is 10.6. The highest BCUT2D eigenvalue weighted by Gasteiger charge is 2.01. The van der Waals surface area contributed by atoms with Gasteiger partial charge in [0, 0.05) is 13.7 Å². The van der Waals surface area contributed by atoms with Crippen LogP contribution in [0.1, 0.15) is 0 Å². The van der Waals surface area contributed by atoms with Gasteiger partial charge < -0.3 is 10.5 Å². The molecule has 0 aliphatic heterocycles. The van der Waals surface area contributed by atoms with Gasteiger partial charge in [-0.05, 0) is 56.7 Å². The monoisotopic (exact) mass is 368 g/mol. The molecule has 0 aromatic heterocycles. The normalized spacial score (nSPS) is 10.4. The minimum atomic E-state index is -0.467. The maximum atomic E-state index is 11.0. The van der Waals surface area contributed by atoms with Crippen LogP contribution in [0, 0.1) is 3.57 Å². The number of amides is 1. The van der Waals surface area contributed by atoms with Gasteiger partial charge in [0.1, 0.15) is 6.21 Å². The average molecular weight is 369 g/mol. The number of nitrogens with one attached hydrogen (secondary N) is 1. The van der Waals surface area contributed by atoms with Crippen molar-refractivity contribution in [1.82, 2.24) is 0 Å². The molecular weight excluding hydrogens is 363 g/mol. The van der Waals surface area contributed by atoms with Crippen molar-refractivity contribution < 1.29 is 10.0 Å². The van der Waals surface area contributed by atoms with Gasteiger partial charge in [0.05, 0.1) is 0 Å². The summed E-state index contributed by atoms with van der Waals surface area (Å²) >= 11 is 5.48. The summed E-state index contributed by atoms with van der Waals surface area (Å²) in [4.78, 5) is 11.0. The van der Waals surface area contributed by atoms with Gasteiger partial charge in [-0.2, -0.15) is 0 Å². The van der Waals surface area contributed by atoms with Crippen molar-refractivity contribution in [1.29, 1.82) is 0 Å². The molecule has 1 rings (SSSR count). The Hall–Kier alpha value is -0.630. The first-order valence-corrected chi connectivity index (χ1v) is 5.44. The van der Waals surface area contributed by atoms with E-state index in [1.807, 2.05) is 6.07 Å². The van der Waals surface area contributed by atoms with Crippen molar-refractivity contribution in [2.45, 2.75) is 0 Å². The van der Waals surface area contributed by atoms with Gasteiger partial charge >= 0.3 is 0 Å². The number of hydrogen-bond acceptors (Lipinski definition) is 3. The molecule has 0 bridgehead atoms. The molecule has 0 spiro atoms. The Labute approximate surface area is 103 Å². The van der Waals surface area contributed by atoms with Gasteiger partial charge in [-0.1, -0.05) is 5.16 Å². The maximum absolute atomic E-state index is 11.0. The number of rotatable bonds is 2. The standard InChI is InChI=1S/C8H6BrIN2O2/c9-6-2-1-5(3-7(6)10)12-8(13)4-11-14/h1-4,14H,(H,12,13). The molecule has 0 aliphatic carbocycles. The summed E-state index contributed by atoms with van der Waals surface area (Å²) in [6.45, 7) is 0. The van der Waals surface area contributed by atoms with E-state index in [9.17, 15) is 4.79 Å². The number of anilines is 1. The van der Waals surface area contributed by atoms with Crippen molar-refractivity contribution in [2.75, 3.05) is 5.32 Å². The van der Waals surface area contributed by atoms with Crippen molar-refractivity contribution >= 4 is 56.3 Å². The summed E-state index contributed by atoms with van der Waals surface area (Å²) in [7, 11) is 0. The van der Waals surface area contributed by atoms with Crippen molar-refractivity contribution in [2.24, 2.45) is 5.16 Å². The highest BCUT2D eigenvalue weighted by atomic mass is 127. The van der Waals surface area contributed by atoms with Crippen LogP contribution < -0.4 is 5.32 Å². The third-order valence-corrected chi connectivity index (χ3v) is 3.69. The van der Waals surface area contributed by atoms with Crippen LogP contribution in [0.3, 0.4) is 0 Å². The lowest BCUT2D eigenvalue weighted by atomic mass is 10.3. The molecule has 0 aliphatic rings. The number of hydrogen-bond donors (Lipinski definition) is 2. The number of oxime groups is 1. The van der Waals surface area contributed by atoms with Crippen LogP contribution >= 0.6 is 38.5 Å². The van der Waals surface area contributed by atoms with Gasteiger partial charge in [-0.3, -0.25) is 4.79 Å². The van der Waals surface area contributed by atoms with Crippen LogP contribution in [0.15, 0.2) is 27.8 Å². The molecule has 0 radical (unpaired) electrons. The van der Waals surface area contributed by atoms with Gasteiger partial charge in [0.2, 0.25) is 0 Å². The molecule has 1 aromatic carbocycles. The molecule has 74 valence electrons. The molecule has 6 heteroatoms. The number of carbonyl (C=O) groups is 1. The van der Waals surface area contributed by atoms with E-state index in [4.69, 9.17) is 5.21 Å². The van der Waals surface area contributed by atoms with Crippen molar-refractivity contribution in [3.05, 3.63) is 26.2 Å². The first-order chi connectivity index (χ1) is 6.63. The zero-order chi connectivity index (χ0) is 10.6. The first-order valence-electron chi connectivity index (χ1n) is 3.57. The molecule has 1 aromatic rings. The van der Waals surface area contributed by atoms with Crippen LogP contribution in [-0.4, -0.2) is 17.3 Å². The Kier molecular flexibility index (Phi) is 4.33. The van der Waals surface area contributed by atoms with Crippen LogP contribution in [-0.2, 0) is 4.79 Å². The fraction of sp³-hybridized carbons (Fsp3) is 0. The van der Waals surface area contributed by atoms with Crippen molar-refractivity contribution in [3.63, 3.8) is 0 Å². The Morgan fingerprint density at radius 2 is 2.36 bits per heavy atom. The molecule has 0 heterocycles. The smallest absolute Gasteiger partial charge is 0.270 e. The number of carbonyl (C=O) groups excluding carboxylic acids is 1. The third kappa shape index (κ3) is 3.26. The lowest BCUT2D eigenvalue weighted by Crippen LogP contribution is -2.12. The quantitative estimate of drug-likeness (QED) is 0.364. The molecule has 4 nitrogen and oxygen atoms in total. The molecule has 0 saturated carbocycles. The summed E-state index contributed by atoms with van der Waals surface area (Å²) in [5.74, 6) is -0.467. The summed E-state index contributed by atoms with van der Waals surface area (Å²) < 4.78 is 1.95. The predicted molar refractivity (Wildman–Crippen MR) is 65.8 cm³/mol. The molecule has 0 unspecified atom stereocenters. The SMILES string of the molecule is O=C(C=NO)Nc1ccc(Br)c(I)c1.